The van der Waals surface area contributed by atoms with E-state index in [0.717, 1.165) is 5.56 Å². The molecule has 0 aliphatic carbocycles. The van der Waals surface area contributed by atoms with Crippen molar-refractivity contribution in [3.05, 3.63) is 29.8 Å². The van der Waals surface area contributed by atoms with Crippen molar-refractivity contribution < 1.29 is 29.7 Å². The lowest BCUT2D eigenvalue weighted by Gasteiger charge is -2.28. The highest BCUT2D eigenvalue weighted by molar-refractivity contribution is 5.92. The number of nitrogens with zero attached hydrogens (tertiary/aromatic N) is 1. The van der Waals surface area contributed by atoms with Crippen LogP contribution in [0.5, 0.6) is 5.75 Å². The van der Waals surface area contributed by atoms with Gasteiger partial charge in [0.15, 0.2) is 6.04 Å². The average molecular weight is 379 g/mol. The fourth-order valence-corrected chi connectivity index (χ4v) is 3.13. The number of likely N-dealkylation sites (tertiary alicyclic amines) is 1. The van der Waals surface area contributed by atoms with Gasteiger partial charge >= 0.3 is 5.97 Å². The molecule has 0 bridgehead atoms. The summed E-state index contributed by atoms with van der Waals surface area (Å²) in [5.41, 5.74) is 6.78. The first-order valence-corrected chi connectivity index (χ1v) is 8.76. The molecule has 6 N–H and O–H groups in total. The molecule has 0 saturated carbocycles. The lowest BCUT2D eigenvalue weighted by atomic mass is 10.0. The Labute approximate surface area is 156 Å². The van der Waals surface area contributed by atoms with Gasteiger partial charge in [0.2, 0.25) is 11.8 Å². The highest BCUT2D eigenvalue weighted by Crippen LogP contribution is 2.20. The molecule has 2 amide bonds. The number of amides is 2. The van der Waals surface area contributed by atoms with E-state index < -0.39 is 42.0 Å². The summed E-state index contributed by atoms with van der Waals surface area (Å²) in [5.74, 6) is -2.25. The van der Waals surface area contributed by atoms with Crippen LogP contribution >= 0.6 is 0 Å². The topological polar surface area (TPSA) is 153 Å². The maximum Gasteiger partial charge on any atom is 0.328 e. The third-order valence-electron chi connectivity index (χ3n) is 4.59. The number of aromatic hydroxyl groups is 1. The predicted molar refractivity (Wildman–Crippen MR) is 95.8 cm³/mol. The molecule has 0 unspecified atom stereocenters. The van der Waals surface area contributed by atoms with Gasteiger partial charge in [0.05, 0.1) is 12.1 Å². The van der Waals surface area contributed by atoms with Gasteiger partial charge in [-0.25, -0.2) is 4.79 Å². The summed E-state index contributed by atoms with van der Waals surface area (Å²) in [7, 11) is 0. The minimum absolute atomic E-state index is 0.112. The summed E-state index contributed by atoms with van der Waals surface area (Å²) in [6, 6.07) is 3.20. The number of nitrogens with one attached hydrogen (secondary N) is 1. The lowest BCUT2D eigenvalue weighted by molar-refractivity contribution is -0.146. The van der Waals surface area contributed by atoms with Crippen LogP contribution in [0.1, 0.15) is 25.3 Å². The molecule has 148 valence electrons. The van der Waals surface area contributed by atoms with Gasteiger partial charge in [0.25, 0.3) is 0 Å². The Hall–Kier alpha value is -2.65. The van der Waals surface area contributed by atoms with Crippen molar-refractivity contribution >= 4 is 17.8 Å². The van der Waals surface area contributed by atoms with Crippen molar-refractivity contribution in [2.24, 2.45) is 5.73 Å². The molecule has 1 aliphatic heterocycles. The molecule has 1 heterocycles. The second-order valence-electron chi connectivity index (χ2n) is 6.73. The number of carboxylic acid groups (broad SMARTS) is 1. The van der Waals surface area contributed by atoms with Gasteiger partial charge in [0, 0.05) is 6.54 Å². The monoisotopic (exact) mass is 379 g/mol. The second kappa shape index (κ2) is 8.83. The Morgan fingerprint density at radius 2 is 1.93 bits per heavy atom. The third-order valence-corrected chi connectivity index (χ3v) is 4.59. The van der Waals surface area contributed by atoms with Crippen LogP contribution in [-0.4, -0.2) is 68.8 Å². The Bertz CT molecular complexity index is 691. The zero-order chi connectivity index (χ0) is 20.1. The Kier molecular flexibility index (Phi) is 6.75. The predicted octanol–water partition coefficient (Wildman–Crippen LogP) is -0.797. The fraction of sp³-hybridized carbons (Fsp3) is 0.500. The number of aliphatic hydroxyl groups is 1. The van der Waals surface area contributed by atoms with Gasteiger partial charge in [-0.15, -0.1) is 0 Å². The molecule has 4 atom stereocenters. The molecule has 9 nitrogen and oxygen atoms in total. The van der Waals surface area contributed by atoms with E-state index in [1.54, 1.807) is 12.1 Å². The van der Waals surface area contributed by atoms with Gasteiger partial charge in [-0.05, 0) is 43.9 Å². The molecule has 1 aromatic carbocycles. The third kappa shape index (κ3) is 5.18. The minimum Gasteiger partial charge on any atom is -0.508 e. The van der Waals surface area contributed by atoms with Crippen LogP contribution in [0.25, 0.3) is 0 Å². The number of aliphatic hydroxyl groups excluding tert-OH is 1. The van der Waals surface area contributed by atoms with Crippen LogP contribution < -0.4 is 11.1 Å². The number of carbonyl (C=O) groups is 3. The van der Waals surface area contributed by atoms with E-state index in [1.165, 1.54) is 24.0 Å². The van der Waals surface area contributed by atoms with Crippen LogP contribution in [-0.2, 0) is 20.8 Å². The first kappa shape index (κ1) is 20.7. The van der Waals surface area contributed by atoms with E-state index in [0.29, 0.717) is 19.4 Å². The number of aliphatic carboxylic acids is 1. The Morgan fingerprint density at radius 1 is 1.30 bits per heavy atom. The summed E-state index contributed by atoms with van der Waals surface area (Å²) < 4.78 is 0. The molecule has 1 aliphatic rings. The molecule has 0 spiro atoms. The zero-order valence-electron chi connectivity index (χ0n) is 15.0. The minimum atomic E-state index is -1.44. The van der Waals surface area contributed by atoms with E-state index in [-0.39, 0.29) is 12.2 Å². The van der Waals surface area contributed by atoms with Gasteiger partial charge in [-0.1, -0.05) is 12.1 Å². The molecular weight excluding hydrogens is 354 g/mol. The first-order chi connectivity index (χ1) is 12.7. The fourth-order valence-electron chi connectivity index (χ4n) is 3.13. The van der Waals surface area contributed by atoms with Gasteiger partial charge in [-0.3, -0.25) is 9.59 Å². The molecule has 0 radical (unpaired) electrons. The first-order valence-electron chi connectivity index (χ1n) is 8.76. The number of benzene rings is 1. The highest BCUT2D eigenvalue weighted by atomic mass is 16.4. The number of phenols is 1. The van der Waals surface area contributed by atoms with E-state index in [9.17, 15) is 24.6 Å². The van der Waals surface area contributed by atoms with Crippen LogP contribution in [0.4, 0.5) is 0 Å². The number of carbonyl (C=O) groups excluding carboxylic acids is 2. The van der Waals surface area contributed by atoms with Crippen molar-refractivity contribution in [3.63, 3.8) is 0 Å². The summed E-state index contributed by atoms with van der Waals surface area (Å²) in [6.07, 6.45) is -0.0264. The maximum absolute atomic E-state index is 12.7. The number of phenolic OH excluding ortho intramolecular Hbond substituents is 1. The van der Waals surface area contributed by atoms with Crippen molar-refractivity contribution in [1.29, 1.82) is 0 Å². The molecule has 1 saturated heterocycles. The van der Waals surface area contributed by atoms with Crippen molar-refractivity contribution in [3.8, 4) is 5.75 Å². The molecule has 27 heavy (non-hydrogen) atoms. The second-order valence-corrected chi connectivity index (χ2v) is 6.73. The average Bonchev–Trinajstić information content (AvgIpc) is 3.09. The maximum atomic E-state index is 12.7. The van der Waals surface area contributed by atoms with Crippen LogP contribution in [0.3, 0.4) is 0 Å². The molecule has 2 rings (SSSR count). The summed E-state index contributed by atoms with van der Waals surface area (Å²) in [5, 5.41) is 30.2. The summed E-state index contributed by atoms with van der Waals surface area (Å²) in [4.78, 5) is 37.7. The van der Waals surface area contributed by atoms with E-state index in [1.807, 2.05) is 0 Å². The molecule has 9 heteroatoms. The van der Waals surface area contributed by atoms with Crippen molar-refractivity contribution in [2.75, 3.05) is 6.54 Å². The molecule has 1 aromatic rings. The highest BCUT2D eigenvalue weighted by Gasteiger charge is 2.38. The summed E-state index contributed by atoms with van der Waals surface area (Å²) in [6.45, 7) is 1.62. The Balaban J connectivity index is 2.03. The molecule has 1 fully saturated rings. The number of hydrogen-bond donors (Lipinski definition) is 5. The zero-order valence-corrected chi connectivity index (χ0v) is 15.0. The largest absolute Gasteiger partial charge is 0.508 e. The lowest BCUT2D eigenvalue weighted by Crippen LogP contribution is -2.56. The quantitative estimate of drug-likeness (QED) is 0.416. The number of hydrogen-bond acceptors (Lipinski definition) is 6. The Morgan fingerprint density at radius 3 is 2.48 bits per heavy atom. The molecule has 0 aromatic heterocycles. The number of carboxylic acids is 1. The van der Waals surface area contributed by atoms with E-state index in [2.05, 4.69) is 5.32 Å². The SMILES string of the molecule is C[C@@H](O)[C@H](NC(=O)[C@@H]1CCCN1C(=O)[C@@H](N)Cc1ccc(O)cc1)C(=O)O. The standard InChI is InChI=1S/C18H25N3O6/c1-10(22)15(18(26)27)20-16(24)14-3-2-8-21(14)17(25)13(19)9-11-4-6-12(23)7-5-11/h4-7,10,13-15,22-23H,2-3,8-9,19H2,1H3,(H,20,24)(H,26,27)/t10-,13+,14+,15+/m1/s1. The van der Waals surface area contributed by atoms with Crippen LogP contribution in [0.15, 0.2) is 24.3 Å². The number of nitrogens with two attached hydrogens (primary N) is 1. The van der Waals surface area contributed by atoms with E-state index in [4.69, 9.17) is 10.8 Å². The van der Waals surface area contributed by atoms with Crippen molar-refractivity contribution in [1.82, 2.24) is 10.2 Å². The number of rotatable bonds is 7. The van der Waals surface area contributed by atoms with Gasteiger partial charge in [-0.2, -0.15) is 0 Å². The summed E-state index contributed by atoms with van der Waals surface area (Å²) >= 11 is 0. The normalized spacial score (nSPS) is 20.0. The smallest absolute Gasteiger partial charge is 0.328 e. The van der Waals surface area contributed by atoms with Crippen molar-refractivity contribution in [2.45, 2.75) is 50.4 Å². The molecular formula is C18H25N3O6. The van der Waals surface area contributed by atoms with Crippen LogP contribution in [0.2, 0.25) is 0 Å². The van der Waals surface area contributed by atoms with Gasteiger partial charge in [0.1, 0.15) is 11.8 Å². The van der Waals surface area contributed by atoms with E-state index >= 15 is 0 Å². The van der Waals surface area contributed by atoms with Crippen LogP contribution in [0, 0.1) is 0 Å². The van der Waals surface area contributed by atoms with Gasteiger partial charge < -0.3 is 31.3 Å².